The van der Waals surface area contributed by atoms with Crippen LogP contribution in [-0.4, -0.2) is 35.5 Å². The summed E-state index contributed by atoms with van der Waals surface area (Å²) < 4.78 is 11.0. The minimum atomic E-state index is -0.725. The molecule has 0 aromatic heterocycles. The van der Waals surface area contributed by atoms with Crippen molar-refractivity contribution in [1.82, 2.24) is 0 Å². The van der Waals surface area contributed by atoms with Crippen molar-refractivity contribution in [2.24, 2.45) is 46.3 Å². The van der Waals surface area contributed by atoms with Crippen LogP contribution in [0.4, 0.5) is 0 Å². The van der Waals surface area contributed by atoms with Crippen LogP contribution in [0.15, 0.2) is 0 Å². The molecule has 11 atom stereocenters. The maximum Gasteiger partial charge on any atom is 0.157 e. The first-order chi connectivity index (χ1) is 15.2. The number of hydrogen-bond donors (Lipinski definition) is 2. The highest BCUT2D eigenvalue weighted by atomic mass is 16.7. The molecule has 0 aromatic rings. The van der Waals surface area contributed by atoms with Gasteiger partial charge in [-0.05, 0) is 131 Å². The number of aliphatic hydroxyl groups excluding tert-OH is 2. The second-order valence-corrected chi connectivity index (χ2v) is 12.5. The maximum atomic E-state index is 10.3. The molecule has 4 heteroatoms. The maximum absolute atomic E-state index is 10.3. The van der Waals surface area contributed by atoms with Crippen LogP contribution < -0.4 is 0 Å². The van der Waals surface area contributed by atoms with E-state index >= 15 is 0 Å². The van der Waals surface area contributed by atoms with E-state index in [-0.39, 0.29) is 12.4 Å². The van der Waals surface area contributed by atoms with E-state index < -0.39 is 6.29 Å². The van der Waals surface area contributed by atoms with Gasteiger partial charge in [-0.25, -0.2) is 0 Å². The molecule has 4 aliphatic rings. The van der Waals surface area contributed by atoms with Crippen LogP contribution in [0.3, 0.4) is 0 Å². The van der Waals surface area contributed by atoms with Crippen LogP contribution in [0.25, 0.3) is 0 Å². The number of aliphatic hydroxyl groups is 2. The van der Waals surface area contributed by atoms with Gasteiger partial charge in [0.1, 0.15) is 0 Å². The Labute approximate surface area is 196 Å². The number of rotatable bonds is 8. The summed E-state index contributed by atoms with van der Waals surface area (Å²) in [6.07, 6.45) is 12.2. The van der Waals surface area contributed by atoms with Crippen LogP contribution in [0.5, 0.6) is 0 Å². The van der Waals surface area contributed by atoms with Crippen molar-refractivity contribution in [2.45, 2.75) is 124 Å². The van der Waals surface area contributed by atoms with E-state index in [2.05, 4.69) is 20.8 Å². The lowest BCUT2D eigenvalue weighted by Gasteiger charge is -2.61. The molecule has 4 nitrogen and oxygen atoms in total. The number of fused-ring (bicyclic) bond motifs is 5. The molecule has 32 heavy (non-hydrogen) atoms. The summed E-state index contributed by atoms with van der Waals surface area (Å²) in [6, 6.07) is 0. The molecule has 11 unspecified atom stereocenters. The molecule has 4 saturated carbocycles. The molecule has 0 saturated heterocycles. The third kappa shape index (κ3) is 4.55. The largest absolute Gasteiger partial charge is 0.393 e. The highest BCUT2D eigenvalue weighted by molar-refractivity contribution is 5.09. The predicted octanol–water partition coefficient (Wildman–Crippen LogP) is 6.14. The Morgan fingerprint density at radius 3 is 2.38 bits per heavy atom. The molecule has 0 radical (unpaired) electrons. The molecule has 186 valence electrons. The lowest BCUT2D eigenvalue weighted by atomic mass is 9.44. The standard InChI is InChI=1S/C28H50O4/c1-6-31-19(3)32-26(30)12-7-18(2)23-10-11-24-22-9-8-20-17-21(29)13-15-27(20,4)25(22)14-16-28(23,24)5/h18-26,29-30H,6-17H2,1-5H3. The fourth-order valence-corrected chi connectivity index (χ4v) is 9.38. The Morgan fingerprint density at radius 2 is 1.62 bits per heavy atom. The molecular formula is C28H50O4. The number of hydrogen-bond acceptors (Lipinski definition) is 4. The molecular weight excluding hydrogens is 400 g/mol. The van der Waals surface area contributed by atoms with Gasteiger partial charge in [0, 0.05) is 6.61 Å². The van der Waals surface area contributed by atoms with E-state index in [1.165, 1.54) is 44.9 Å². The van der Waals surface area contributed by atoms with Gasteiger partial charge in [0.05, 0.1) is 6.10 Å². The van der Waals surface area contributed by atoms with Gasteiger partial charge in [0.2, 0.25) is 0 Å². The first-order valence-corrected chi connectivity index (χ1v) is 13.8. The van der Waals surface area contributed by atoms with Crippen molar-refractivity contribution in [3.63, 3.8) is 0 Å². The van der Waals surface area contributed by atoms with Gasteiger partial charge in [0.25, 0.3) is 0 Å². The summed E-state index contributed by atoms with van der Waals surface area (Å²) in [4.78, 5) is 0. The summed E-state index contributed by atoms with van der Waals surface area (Å²) >= 11 is 0. The van der Waals surface area contributed by atoms with E-state index in [1.807, 2.05) is 13.8 Å². The van der Waals surface area contributed by atoms with Crippen molar-refractivity contribution >= 4 is 0 Å². The lowest BCUT2D eigenvalue weighted by molar-refractivity contribution is -0.221. The van der Waals surface area contributed by atoms with E-state index in [9.17, 15) is 10.2 Å². The zero-order valence-electron chi connectivity index (χ0n) is 21.4. The molecule has 4 fully saturated rings. The lowest BCUT2D eigenvalue weighted by Crippen LogP contribution is -2.54. The van der Waals surface area contributed by atoms with Gasteiger partial charge >= 0.3 is 0 Å². The number of ether oxygens (including phenoxy) is 2. The zero-order valence-corrected chi connectivity index (χ0v) is 21.4. The van der Waals surface area contributed by atoms with Crippen molar-refractivity contribution in [3.05, 3.63) is 0 Å². The molecule has 0 amide bonds. The van der Waals surface area contributed by atoms with Gasteiger partial charge in [-0.15, -0.1) is 0 Å². The van der Waals surface area contributed by atoms with Gasteiger partial charge < -0.3 is 19.7 Å². The predicted molar refractivity (Wildman–Crippen MR) is 128 cm³/mol. The van der Waals surface area contributed by atoms with Crippen LogP contribution in [-0.2, 0) is 9.47 Å². The van der Waals surface area contributed by atoms with Gasteiger partial charge in [0.15, 0.2) is 12.6 Å². The summed E-state index contributed by atoms with van der Waals surface area (Å²) in [5, 5.41) is 20.6. The summed E-state index contributed by atoms with van der Waals surface area (Å²) in [5.41, 5.74) is 0.925. The summed E-state index contributed by atoms with van der Waals surface area (Å²) in [5.74, 6) is 4.77. The van der Waals surface area contributed by atoms with Crippen molar-refractivity contribution in [2.75, 3.05) is 6.61 Å². The molecule has 2 N–H and O–H groups in total. The molecule has 0 spiro atoms. The van der Waals surface area contributed by atoms with Crippen molar-refractivity contribution in [1.29, 1.82) is 0 Å². The van der Waals surface area contributed by atoms with Crippen LogP contribution in [0.2, 0.25) is 0 Å². The van der Waals surface area contributed by atoms with Gasteiger partial charge in [-0.3, -0.25) is 0 Å². The summed E-state index contributed by atoms with van der Waals surface area (Å²) in [7, 11) is 0. The van der Waals surface area contributed by atoms with E-state index in [0.717, 1.165) is 48.9 Å². The average molecular weight is 451 g/mol. The van der Waals surface area contributed by atoms with Crippen LogP contribution >= 0.6 is 0 Å². The highest BCUT2D eigenvalue weighted by Gasteiger charge is 2.60. The molecule has 0 heterocycles. The Bertz CT molecular complexity index is 625. The van der Waals surface area contributed by atoms with Crippen molar-refractivity contribution in [3.8, 4) is 0 Å². The Kier molecular flexibility index (Phi) is 7.67. The minimum Gasteiger partial charge on any atom is -0.393 e. The van der Waals surface area contributed by atoms with Crippen molar-refractivity contribution < 1.29 is 19.7 Å². The summed E-state index contributed by atoms with van der Waals surface area (Å²) in [6.45, 7) is 12.0. The smallest absolute Gasteiger partial charge is 0.157 e. The third-order valence-corrected chi connectivity index (χ3v) is 11.0. The third-order valence-electron chi connectivity index (χ3n) is 11.0. The molecule has 0 aliphatic heterocycles. The van der Waals surface area contributed by atoms with Gasteiger partial charge in [-0.2, -0.15) is 0 Å². The van der Waals surface area contributed by atoms with Crippen LogP contribution in [0, 0.1) is 46.3 Å². The molecule has 4 aliphatic carbocycles. The monoisotopic (exact) mass is 450 g/mol. The molecule has 0 bridgehead atoms. The Hall–Kier alpha value is -0.160. The first kappa shape index (κ1) is 24.9. The van der Waals surface area contributed by atoms with Gasteiger partial charge in [-0.1, -0.05) is 20.8 Å². The Morgan fingerprint density at radius 1 is 0.906 bits per heavy atom. The average Bonchev–Trinajstić information content (AvgIpc) is 3.10. The fraction of sp³-hybridized carbons (Fsp3) is 1.00. The molecule has 4 rings (SSSR count). The fourth-order valence-electron chi connectivity index (χ4n) is 9.38. The van der Waals surface area contributed by atoms with E-state index in [4.69, 9.17) is 9.47 Å². The molecule has 0 aromatic carbocycles. The SMILES string of the molecule is CCOC(C)OC(O)CCC(C)C1CCC2C3CCC4CC(O)CCC4(C)C3CCC12C. The second-order valence-electron chi connectivity index (χ2n) is 12.5. The zero-order chi connectivity index (χ0) is 23.1. The second kappa shape index (κ2) is 9.84. The van der Waals surface area contributed by atoms with Crippen LogP contribution in [0.1, 0.15) is 105 Å². The van der Waals surface area contributed by atoms with E-state index in [0.29, 0.717) is 29.8 Å². The normalized spacial score (nSPS) is 46.6. The minimum absolute atomic E-state index is 0.0500. The topological polar surface area (TPSA) is 58.9 Å². The quantitative estimate of drug-likeness (QED) is 0.436. The van der Waals surface area contributed by atoms with E-state index in [1.54, 1.807) is 0 Å². The highest BCUT2D eigenvalue weighted by Crippen LogP contribution is 2.68. The Balaban J connectivity index is 1.37. The first-order valence-electron chi connectivity index (χ1n) is 13.8.